The van der Waals surface area contributed by atoms with E-state index in [-0.39, 0.29) is 40.7 Å². The molecule has 2 nitrogen and oxygen atoms in total. The summed E-state index contributed by atoms with van der Waals surface area (Å²) in [5.41, 5.74) is 0.136. The van der Waals surface area contributed by atoms with Crippen LogP contribution in [0.25, 0.3) is 0 Å². The van der Waals surface area contributed by atoms with Gasteiger partial charge in [0.05, 0.1) is 6.42 Å². The predicted molar refractivity (Wildman–Crippen MR) is 88.3 cm³/mol. The number of Topliss-reactive ketones (excluding diaryl/α,β-unsaturated/α-hetero) is 2. The van der Waals surface area contributed by atoms with Crippen LogP contribution >= 0.6 is 0 Å². The van der Waals surface area contributed by atoms with Gasteiger partial charge in [0, 0.05) is 11.8 Å². The Morgan fingerprint density at radius 3 is 1.95 bits per heavy atom. The van der Waals surface area contributed by atoms with Gasteiger partial charge in [0.15, 0.2) is 0 Å². The van der Waals surface area contributed by atoms with Crippen molar-refractivity contribution in [2.75, 3.05) is 0 Å². The van der Waals surface area contributed by atoms with E-state index in [1.54, 1.807) is 0 Å². The van der Waals surface area contributed by atoms with Crippen molar-refractivity contribution in [3.63, 3.8) is 0 Å². The van der Waals surface area contributed by atoms with Crippen LogP contribution in [0.15, 0.2) is 0 Å². The molecule has 0 aromatic rings. The number of fused-ring (bicyclic) bond motifs is 2. The Kier molecular flexibility index (Phi) is 3.62. The maximum absolute atomic E-state index is 12.8. The van der Waals surface area contributed by atoms with Crippen molar-refractivity contribution in [1.82, 2.24) is 0 Å². The minimum absolute atomic E-state index is 0.00738. The number of hydrogen-bond donors (Lipinski definition) is 0. The van der Waals surface area contributed by atoms with Crippen molar-refractivity contribution in [2.45, 2.75) is 67.2 Å². The van der Waals surface area contributed by atoms with E-state index < -0.39 is 0 Å². The SMILES string of the molecule is CC(C)(C)C1C(=O)CC(=O)C1C1C2CCC(C2)C1C(C)(C)C. The van der Waals surface area contributed by atoms with Crippen LogP contribution in [0.1, 0.15) is 67.2 Å². The lowest BCUT2D eigenvalue weighted by Gasteiger charge is -2.45. The average Bonchev–Trinajstić information content (AvgIpc) is 2.98. The van der Waals surface area contributed by atoms with E-state index in [4.69, 9.17) is 0 Å². The molecule has 0 aromatic carbocycles. The van der Waals surface area contributed by atoms with Gasteiger partial charge in [-0.25, -0.2) is 0 Å². The molecule has 0 aromatic heterocycles. The van der Waals surface area contributed by atoms with Crippen LogP contribution < -0.4 is 0 Å². The highest BCUT2D eigenvalue weighted by molar-refractivity contribution is 6.09. The fourth-order valence-electron chi connectivity index (χ4n) is 6.38. The Hall–Kier alpha value is -0.660. The molecule has 6 unspecified atom stereocenters. The molecule has 0 aliphatic heterocycles. The molecule has 3 aliphatic rings. The van der Waals surface area contributed by atoms with Crippen LogP contribution in [0.2, 0.25) is 0 Å². The first-order chi connectivity index (χ1) is 10.0. The molecule has 2 heteroatoms. The molecule has 3 saturated carbocycles. The Labute approximate surface area is 135 Å². The molecule has 3 fully saturated rings. The van der Waals surface area contributed by atoms with Gasteiger partial charge in [-0.1, -0.05) is 41.5 Å². The van der Waals surface area contributed by atoms with Crippen molar-refractivity contribution in [1.29, 1.82) is 0 Å². The summed E-state index contributed by atoms with van der Waals surface area (Å²) in [5, 5.41) is 0. The average molecular weight is 304 g/mol. The van der Waals surface area contributed by atoms with Crippen molar-refractivity contribution in [3.8, 4) is 0 Å². The molecule has 0 amide bonds. The second kappa shape index (κ2) is 4.92. The molecule has 0 spiro atoms. The predicted octanol–water partition coefficient (Wildman–Crippen LogP) is 4.52. The lowest BCUT2D eigenvalue weighted by Crippen LogP contribution is -2.43. The molecule has 0 radical (unpaired) electrons. The first kappa shape index (κ1) is 16.2. The third-order valence-electron chi connectivity index (χ3n) is 6.75. The summed E-state index contributed by atoms with van der Waals surface area (Å²) in [6, 6.07) is 0. The highest BCUT2D eigenvalue weighted by Crippen LogP contribution is 2.63. The quantitative estimate of drug-likeness (QED) is 0.668. The Morgan fingerprint density at radius 1 is 0.818 bits per heavy atom. The molecular weight excluding hydrogens is 272 g/mol. The largest absolute Gasteiger partial charge is 0.299 e. The summed E-state index contributed by atoms with van der Waals surface area (Å²) in [7, 11) is 0. The van der Waals surface area contributed by atoms with E-state index in [9.17, 15) is 9.59 Å². The van der Waals surface area contributed by atoms with Crippen LogP contribution in [0.5, 0.6) is 0 Å². The topological polar surface area (TPSA) is 34.1 Å². The molecule has 124 valence electrons. The second-order valence-electron chi connectivity index (χ2n) is 10.3. The van der Waals surface area contributed by atoms with Crippen LogP contribution in [0.4, 0.5) is 0 Å². The number of carbonyl (C=O) groups is 2. The Morgan fingerprint density at radius 2 is 1.41 bits per heavy atom. The third-order valence-corrected chi connectivity index (χ3v) is 6.75. The van der Waals surface area contributed by atoms with Gasteiger partial charge in [-0.15, -0.1) is 0 Å². The lowest BCUT2D eigenvalue weighted by atomic mass is 9.58. The molecule has 22 heavy (non-hydrogen) atoms. The third kappa shape index (κ3) is 2.37. The van der Waals surface area contributed by atoms with Crippen LogP contribution in [0.3, 0.4) is 0 Å². The zero-order chi connectivity index (χ0) is 16.4. The number of carbonyl (C=O) groups excluding carboxylic acids is 2. The normalized spacial score (nSPS) is 42.5. The van der Waals surface area contributed by atoms with E-state index in [1.807, 2.05) is 0 Å². The molecule has 6 atom stereocenters. The summed E-state index contributed by atoms with van der Waals surface area (Å²) in [5.74, 6) is 2.90. The van der Waals surface area contributed by atoms with Crippen LogP contribution in [0, 0.1) is 46.3 Å². The lowest BCUT2D eigenvalue weighted by molar-refractivity contribution is -0.128. The van der Waals surface area contributed by atoms with Crippen molar-refractivity contribution in [2.24, 2.45) is 46.3 Å². The molecule has 3 rings (SSSR count). The van der Waals surface area contributed by atoms with Crippen molar-refractivity contribution in [3.05, 3.63) is 0 Å². The zero-order valence-corrected chi connectivity index (χ0v) is 15.1. The van der Waals surface area contributed by atoms with Gasteiger partial charge in [0.2, 0.25) is 0 Å². The van der Waals surface area contributed by atoms with E-state index in [0.29, 0.717) is 17.8 Å². The van der Waals surface area contributed by atoms with E-state index in [2.05, 4.69) is 41.5 Å². The van der Waals surface area contributed by atoms with E-state index in [1.165, 1.54) is 19.3 Å². The summed E-state index contributed by atoms with van der Waals surface area (Å²) < 4.78 is 0. The van der Waals surface area contributed by atoms with Crippen molar-refractivity contribution >= 4 is 11.6 Å². The van der Waals surface area contributed by atoms with Gasteiger partial charge in [0.1, 0.15) is 11.6 Å². The Balaban J connectivity index is 2.00. The van der Waals surface area contributed by atoms with Gasteiger partial charge >= 0.3 is 0 Å². The van der Waals surface area contributed by atoms with Crippen molar-refractivity contribution < 1.29 is 9.59 Å². The molecular formula is C20H32O2. The standard InChI is InChI=1S/C20H32O2/c1-19(2,3)17-12-8-7-11(9-12)15(17)16-13(21)10-14(22)18(16)20(4,5)6/h11-12,15-18H,7-10H2,1-6H3. The maximum Gasteiger partial charge on any atom is 0.144 e. The Bertz CT molecular complexity index is 491. The first-order valence-electron chi connectivity index (χ1n) is 9.07. The summed E-state index contributed by atoms with van der Waals surface area (Å²) in [6.07, 6.45) is 4.09. The summed E-state index contributed by atoms with van der Waals surface area (Å²) >= 11 is 0. The summed E-state index contributed by atoms with van der Waals surface area (Å²) in [6.45, 7) is 13.4. The molecule has 2 bridgehead atoms. The van der Waals surface area contributed by atoms with E-state index >= 15 is 0 Å². The smallest absolute Gasteiger partial charge is 0.144 e. The molecule has 0 N–H and O–H groups in total. The van der Waals surface area contributed by atoms with Gasteiger partial charge in [-0.05, 0) is 53.8 Å². The molecule has 0 saturated heterocycles. The fourth-order valence-corrected chi connectivity index (χ4v) is 6.38. The monoisotopic (exact) mass is 304 g/mol. The second-order valence-corrected chi connectivity index (χ2v) is 10.3. The van der Waals surface area contributed by atoms with Gasteiger partial charge in [-0.3, -0.25) is 9.59 Å². The molecule has 3 aliphatic carbocycles. The minimum Gasteiger partial charge on any atom is -0.299 e. The number of ketones is 2. The summed E-state index contributed by atoms with van der Waals surface area (Å²) in [4.78, 5) is 25.3. The maximum atomic E-state index is 12.8. The molecule has 0 heterocycles. The van der Waals surface area contributed by atoms with Crippen LogP contribution in [-0.2, 0) is 9.59 Å². The van der Waals surface area contributed by atoms with Gasteiger partial charge in [0.25, 0.3) is 0 Å². The number of hydrogen-bond acceptors (Lipinski definition) is 2. The van der Waals surface area contributed by atoms with Crippen LogP contribution in [-0.4, -0.2) is 11.6 Å². The van der Waals surface area contributed by atoms with E-state index in [0.717, 1.165) is 5.92 Å². The first-order valence-corrected chi connectivity index (χ1v) is 9.07. The van der Waals surface area contributed by atoms with Gasteiger partial charge in [-0.2, -0.15) is 0 Å². The fraction of sp³-hybridized carbons (Fsp3) is 0.900. The minimum atomic E-state index is -0.0990. The highest BCUT2D eigenvalue weighted by atomic mass is 16.2. The number of rotatable bonds is 1. The van der Waals surface area contributed by atoms with Gasteiger partial charge < -0.3 is 0 Å². The zero-order valence-electron chi connectivity index (χ0n) is 15.1. The highest BCUT2D eigenvalue weighted by Gasteiger charge is 2.60.